The number of rotatable bonds is 7. The third kappa shape index (κ3) is 9.94. The summed E-state index contributed by atoms with van der Waals surface area (Å²) in [5.74, 6) is -2.67. The van der Waals surface area contributed by atoms with E-state index in [4.69, 9.17) is 0 Å². The van der Waals surface area contributed by atoms with Crippen molar-refractivity contribution in [2.75, 3.05) is 13.2 Å². The van der Waals surface area contributed by atoms with Crippen LogP contribution in [0.3, 0.4) is 0 Å². The zero-order valence-corrected chi connectivity index (χ0v) is 14.7. The van der Waals surface area contributed by atoms with Gasteiger partial charge in [-0.05, 0) is 18.6 Å². The molecule has 0 aliphatic carbocycles. The number of nitrogens with one attached hydrogen (secondary N) is 3. The number of carbonyl (C=O) groups excluding carboxylic acids is 4. The maximum Gasteiger partial charge on any atom is 0.405 e. The number of hydrogen-bond donors (Lipinski definition) is 3. The molecule has 0 bridgehead atoms. The highest BCUT2D eigenvalue weighted by Crippen LogP contribution is 2.11. The molecule has 0 fully saturated rings. The number of imide groups is 1. The van der Waals surface area contributed by atoms with Gasteiger partial charge in [-0.2, -0.15) is 13.2 Å². The Bertz CT molecular complexity index is 735. The van der Waals surface area contributed by atoms with E-state index in [0.717, 1.165) is 5.56 Å². The fraction of sp³-hybridized carbons (Fsp3) is 0.294. The van der Waals surface area contributed by atoms with Gasteiger partial charge in [-0.1, -0.05) is 30.3 Å². The second-order valence-corrected chi connectivity index (χ2v) is 5.43. The van der Waals surface area contributed by atoms with Crippen molar-refractivity contribution >= 4 is 29.9 Å². The van der Waals surface area contributed by atoms with Crippen molar-refractivity contribution in [3.63, 3.8) is 0 Å². The second kappa shape index (κ2) is 10.7. The van der Waals surface area contributed by atoms with E-state index < -0.39 is 49.2 Å². The number of halogens is 3. The van der Waals surface area contributed by atoms with Crippen molar-refractivity contribution in [3.05, 3.63) is 42.0 Å². The van der Waals surface area contributed by atoms with Gasteiger partial charge in [0.05, 0.1) is 0 Å². The first-order valence-corrected chi connectivity index (χ1v) is 7.91. The average molecular weight is 401 g/mol. The number of carbonyl (C=O) groups is 4. The largest absolute Gasteiger partial charge is 0.454 e. The van der Waals surface area contributed by atoms with Crippen LogP contribution in [0, 0.1) is 0 Å². The molecule has 0 saturated carbocycles. The Morgan fingerprint density at radius 1 is 1.14 bits per heavy atom. The lowest BCUT2D eigenvalue weighted by molar-refractivity contribution is -0.150. The molecule has 28 heavy (non-hydrogen) atoms. The Morgan fingerprint density at radius 2 is 1.79 bits per heavy atom. The molecule has 0 aliphatic rings. The van der Waals surface area contributed by atoms with Crippen LogP contribution in [0.25, 0.3) is 6.08 Å². The van der Waals surface area contributed by atoms with Gasteiger partial charge in [0, 0.05) is 6.08 Å². The Balaban J connectivity index is 2.33. The minimum absolute atomic E-state index is 0.579. The van der Waals surface area contributed by atoms with E-state index in [2.05, 4.69) is 10.1 Å². The molecule has 0 heterocycles. The number of hydrogen-bond acceptors (Lipinski definition) is 5. The lowest BCUT2D eigenvalue weighted by atomic mass is 10.2. The van der Waals surface area contributed by atoms with Crippen LogP contribution in [0.1, 0.15) is 12.5 Å². The predicted molar refractivity (Wildman–Crippen MR) is 91.6 cm³/mol. The lowest BCUT2D eigenvalue weighted by Crippen LogP contribution is -2.45. The van der Waals surface area contributed by atoms with Gasteiger partial charge in [-0.25, -0.2) is 9.59 Å². The van der Waals surface area contributed by atoms with Gasteiger partial charge in [0.15, 0.2) is 6.61 Å². The number of esters is 1. The first kappa shape index (κ1) is 22.7. The molecule has 0 radical (unpaired) electrons. The standard InChI is InChI=1S/C17H18F3N3O5/c1-11(22-13(24)8-7-12-5-3-2-4-6-12)15(26)28-9-14(25)23-16(27)21-10-17(18,19)20/h2-8,11H,9-10H2,1H3,(H,22,24)(H2,21,23,25,27)/b8-7+/t11-/m0/s1. The van der Waals surface area contributed by atoms with E-state index in [9.17, 15) is 32.3 Å². The van der Waals surface area contributed by atoms with Crippen LogP contribution >= 0.6 is 0 Å². The molecule has 8 nitrogen and oxygen atoms in total. The van der Waals surface area contributed by atoms with Gasteiger partial charge in [0.2, 0.25) is 5.91 Å². The molecule has 0 saturated heterocycles. The fourth-order valence-electron chi connectivity index (χ4n) is 1.71. The van der Waals surface area contributed by atoms with Crippen molar-refractivity contribution in [3.8, 4) is 0 Å². The number of benzene rings is 1. The summed E-state index contributed by atoms with van der Waals surface area (Å²) < 4.78 is 40.3. The summed E-state index contributed by atoms with van der Waals surface area (Å²) >= 11 is 0. The molecule has 1 rings (SSSR count). The topological polar surface area (TPSA) is 114 Å². The third-order valence-corrected chi connectivity index (χ3v) is 2.99. The van der Waals surface area contributed by atoms with Crippen molar-refractivity contribution in [1.29, 1.82) is 0 Å². The minimum Gasteiger partial charge on any atom is -0.454 e. The molecule has 11 heteroatoms. The van der Waals surface area contributed by atoms with Crippen LogP contribution in [0.5, 0.6) is 0 Å². The molecular weight excluding hydrogens is 383 g/mol. The molecule has 3 N–H and O–H groups in total. The van der Waals surface area contributed by atoms with E-state index in [1.807, 2.05) is 6.07 Å². The fourth-order valence-corrected chi connectivity index (χ4v) is 1.71. The lowest BCUT2D eigenvalue weighted by Gasteiger charge is -2.12. The Hall–Kier alpha value is -3.37. The van der Waals surface area contributed by atoms with Gasteiger partial charge in [0.25, 0.3) is 5.91 Å². The maximum atomic E-state index is 11.9. The second-order valence-electron chi connectivity index (χ2n) is 5.43. The zero-order chi connectivity index (χ0) is 21.2. The zero-order valence-electron chi connectivity index (χ0n) is 14.7. The van der Waals surface area contributed by atoms with Crippen molar-refractivity contribution in [1.82, 2.24) is 16.0 Å². The van der Waals surface area contributed by atoms with E-state index in [-0.39, 0.29) is 0 Å². The maximum absolute atomic E-state index is 11.9. The van der Waals surface area contributed by atoms with Crippen molar-refractivity contribution in [2.24, 2.45) is 0 Å². The number of ether oxygens (including phenoxy) is 1. The first-order valence-electron chi connectivity index (χ1n) is 7.91. The van der Waals surface area contributed by atoms with Gasteiger partial charge < -0.3 is 15.4 Å². The van der Waals surface area contributed by atoms with Crippen LogP contribution < -0.4 is 16.0 Å². The smallest absolute Gasteiger partial charge is 0.405 e. The normalized spacial score (nSPS) is 12.1. The molecule has 0 aromatic heterocycles. The average Bonchev–Trinajstić information content (AvgIpc) is 2.63. The summed E-state index contributed by atoms with van der Waals surface area (Å²) in [7, 11) is 0. The van der Waals surface area contributed by atoms with E-state index in [1.165, 1.54) is 24.4 Å². The SMILES string of the molecule is C[C@H](NC(=O)/C=C/c1ccccc1)C(=O)OCC(=O)NC(=O)NCC(F)(F)F. The minimum atomic E-state index is -4.63. The number of amides is 4. The summed E-state index contributed by atoms with van der Waals surface area (Å²) in [6, 6.07) is 6.44. The van der Waals surface area contributed by atoms with Gasteiger partial charge in [-0.15, -0.1) is 0 Å². The van der Waals surface area contributed by atoms with Gasteiger partial charge in [0.1, 0.15) is 12.6 Å². The van der Waals surface area contributed by atoms with Gasteiger partial charge >= 0.3 is 18.2 Å². The van der Waals surface area contributed by atoms with Crippen LogP contribution in [0.4, 0.5) is 18.0 Å². The molecule has 1 atom stereocenters. The van der Waals surface area contributed by atoms with Gasteiger partial charge in [-0.3, -0.25) is 14.9 Å². The predicted octanol–water partition coefficient (Wildman–Crippen LogP) is 1.14. The molecule has 0 spiro atoms. The van der Waals surface area contributed by atoms with Crippen molar-refractivity contribution in [2.45, 2.75) is 19.1 Å². The quantitative estimate of drug-likeness (QED) is 0.468. The molecule has 1 aromatic rings. The van der Waals surface area contributed by atoms with E-state index >= 15 is 0 Å². The van der Waals surface area contributed by atoms with Crippen LogP contribution in [-0.4, -0.2) is 49.2 Å². The summed E-state index contributed by atoms with van der Waals surface area (Å²) in [5, 5.41) is 5.29. The Labute approximate surface area is 158 Å². The molecular formula is C17H18F3N3O5. The Kier molecular flexibility index (Phi) is 8.66. The highest BCUT2D eigenvalue weighted by molar-refractivity contribution is 5.96. The molecule has 0 aliphatic heterocycles. The van der Waals surface area contributed by atoms with Crippen molar-refractivity contribution < 1.29 is 37.1 Å². The van der Waals surface area contributed by atoms with E-state index in [1.54, 1.807) is 29.6 Å². The molecule has 1 aromatic carbocycles. The van der Waals surface area contributed by atoms with Crippen LogP contribution in [0.2, 0.25) is 0 Å². The van der Waals surface area contributed by atoms with Crippen LogP contribution in [-0.2, 0) is 19.1 Å². The highest BCUT2D eigenvalue weighted by atomic mass is 19.4. The Morgan fingerprint density at radius 3 is 2.39 bits per heavy atom. The highest BCUT2D eigenvalue weighted by Gasteiger charge is 2.28. The number of alkyl halides is 3. The molecule has 0 unspecified atom stereocenters. The summed E-state index contributed by atoms with van der Waals surface area (Å²) in [6.07, 6.45) is -1.90. The number of urea groups is 1. The summed E-state index contributed by atoms with van der Waals surface area (Å²) in [6.45, 7) is -1.21. The summed E-state index contributed by atoms with van der Waals surface area (Å²) in [5.41, 5.74) is 0.772. The molecule has 152 valence electrons. The van der Waals surface area contributed by atoms with E-state index in [0.29, 0.717) is 0 Å². The summed E-state index contributed by atoms with van der Waals surface area (Å²) in [4.78, 5) is 45.9. The van der Waals surface area contributed by atoms with Crippen LogP contribution in [0.15, 0.2) is 36.4 Å². The third-order valence-electron chi connectivity index (χ3n) is 2.99. The molecule has 4 amide bonds. The monoisotopic (exact) mass is 401 g/mol. The first-order chi connectivity index (χ1) is 13.1.